The van der Waals surface area contributed by atoms with Crippen molar-refractivity contribution < 1.29 is 33.1 Å². The number of ether oxygens (including phenoxy) is 1. The molecule has 0 radical (unpaired) electrons. The van der Waals surface area contributed by atoms with Crippen LogP contribution in [0.5, 0.6) is 5.75 Å². The van der Waals surface area contributed by atoms with Gasteiger partial charge in [0.05, 0.1) is 34.0 Å². The number of aromatic nitrogens is 2. The molecule has 4 aromatic rings. The molecule has 4 N–H and O–H groups in total. The van der Waals surface area contributed by atoms with E-state index in [0.29, 0.717) is 64.3 Å². The number of hydrogen-bond acceptors (Lipinski definition) is 13. The molecule has 1 atom stereocenters. The Bertz CT molecular complexity index is 2460. The molecular formula is C47H54ClFN10O6. The summed E-state index contributed by atoms with van der Waals surface area (Å²) in [6.07, 6.45) is 8.93. The topological polar surface area (TPSA) is 181 Å². The van der Waals surface area contributed by atoms with Gasteiger partial charge in [-0.1, -0.05) is 30.7 Å². The molecule has 1 aromatic heterocycles. The van der Waals surface area contributed by atoms with Crippen LogP contribution in [0.15, 0.2) is 67.5 Å². The van der Waals surface area contributed by atoms with Gasteiger partial charge in [0.25, 0.3) is 11.8 Å². The Morgan fingerprint density at radius 2 is 1.68 bits per heavy atom. The fourth-order valence-corrected chi connectivity index (χ4v) is 9.33. The van der Waals surface area contributed by atoms with E-state index in [2.05, 4.69) is 52.5 Å². The normalized spacial score (nSPS) is 18.7. The number of benzene rings is 3. The van der Waals surface area contributed by atoms with Crippen LogP contribution >= 0.6 is 11.6 Å². The van der Waals surface area contributed by atoms with E-state index in [1.165, 1.54) is 24.5 Å². The van der Waals surface area contributed by atoms with Crippen LogP contribution < -0.4 is 26.0 Å². The standard InChI is InChI=1S/C47H54ClFN10O6/c1-2-41(60)54-38-27-33-37(51-29-52-44(33)53-30-10-11-35(49)34(48)26-30)28-40(38)65-25-7-18-56-19-14-31(15-20-56)58-23-21-57(22-24-58)17-5-3-4-16-50-36-9-6-8-32-43(36)47(64)59(46(32)63)39-12-13-42(61)55-45(39)62/h2,6,8-11,26-29,31,39,50H,1,3-5,7,12-25H2,(H,54,60)(H,51,52,53)(H,55,61,62). The van der Waals surface area contributed by atoms with Crippen LogP contribution in [0.25, 0.3) is 10.9 Å². The number of nitrogens with zero attached hydrogens (tertiary/aromatic N) is 6. The number of hydrogen-bond donors (Lipinski definition) is 4. The Kier molecular flexibility index (Phi) is 14.6. The molecule has 0 bridgehead atoms. The highest BCUT2D eigenvalue weighted by molar-refractivity contribution is 6.31. The van der Waals surface area contributed by atoms with Crippen molar-refractivity contribution >= 4 is 74.9 Å². The lowest BCUT2D eigenvalue weighted by atomic mass is 10.0. The van der Waals surface area contributed by atoms with E-state index in [-0.39, 0.29) is 29.3 Å². The first-order valence-electron chi connectivity index (χ1n) is 22.4. The van der Waals surface area contributed by atoms with Gasteiger partial charge in [0.15, 0.2) is 0 Å². The van der Waals surface area contributed by atoms with Gasteiger partial charge in [-0.25, -0.2) is 14.4 Å². The minimum absolute atomic E-state index is 0.0178. The SMILES string of the molecule is C=CC(=O)Nc1cc2c(Nc3ccc(F)c(Cl)c3)ncnc2cc1OCCCN1CCC(N2CCN(CCCCCNc3cccc4c3C(=O)N(C3CCC(=O)NC3=O)C4=O)CC2)CC1. The molecule has 8 rings (SSSR count). The Labute approximate surface area is 381 Å². The monoisotopic (exact) mass is 908 g/mol. The lowest BCUT2D eigenvalue weighted by Crippen LogP contribution is -2.54. The maximum Gasteiger partial charge on any atom is 0.264 e. The van der Waals surface area contributed by atoms with E-state index in [0.717, 1.165) is 95.8 Å². The summed E-state index contributed by atoms with van der Waals surface area (Å²) in [4.78, 5) is 80.5. The van der Waals surface area contributed by atoms with Crippen molar-refractivity contribution in [3.63, 3.8) is 0 Å². The smallest absolute Gasteiger partial charge is 0.264 e. The fourth-order valence-electron chi connectivity index (χ4n) is 9.15. The van der Waals surface area contributed by atoms with E-state index in [4.69, 9.17) is 16.3 Å². The quantitative estimate of drug-likeness (QED) is 0.0533. The van der Waals surface area contributed by atoms with Crippen LogP contribution in [0.3, 0.4) is 0 Å². The number of unbranched alkanes of at least 4 members (excludes halogenated alkanes) is 2. The van der Waals surface area contributed by atoms with E-state index in [9.17, 15) is 28.4 Å². The molecule has 5 amide bonds. The van der Waals surface area contributed by atoms with Gasteiger partial charge in [0.1, 0.15) is 29.8 Å². The number of amides is 5. The Hall–Kier alpha value is -6.01. The molecule has 0 saturated carbocycles. The Morgan fingerprint density at radius 3 is 2.45 bits per heavy atom. The van der Waals surface area contributed by atoms with Gasteiger partial charge in [-0.3, -0.25) is 39.1 Å². The first-order valence-corrected chi connectivity index (χ1v) is 22.8. The molecule has 342 valence electrons. The molecule has 0 aliphatic carbocycles. The number of rotatable bonds is 18. The zero-order valence-corrected chi connectivity index (χ0v) is 37.0. The molecular weight excluding hydrogens is 855 g/mol. The first kappa shape index (κ1) is 45.6. The second-order valence-corrected chi connectivity index (χ2v) is 17.3. The molecule has 4 aliphatic heterocycles. The van der Waals surface area contributed by atoms with Gasteiger partial charge in [0.2, 0.25) is 17.7 Å². The zero-order chi connectivity index (χ0) is 45.5. The van der Waals surface area contributed by atoms with Crippen LogP contribution in [0, 0.1) is 5.82 Å². The largest absolute Gasteiger partial charge is 0.491 e. The van der Waals surface area contributed by atoms with E-state index >= 15 is 0 Å². The zero-order valence-electron chi connectivity index (χ0n) is 36.3. The average Bonchev–Trinajstić information content (AvgIpc) is 3.56. The number of fused-ring (bicyclic) bond motifs is 2. The Balaban J connectivity index is 0.722. The fraction of sp³-hybridized carbons (Fsp3) is 0.426. The van der Waals surface area contributed by atoms with Crippen molar-refractivity contribution in [2.24, 2.45) is 0 Å². The van der Waals surface area contributed by atoms with Crippen molar-refractivity contribution in [2.75, 3.05) is 81.5 Å². The van der Waals surface area contributed by atoms with Crippen molar-refractivity contribution in [3.05, 3.63) is 89.5 Å². The highest BCUT2D eigenvalue weighted by Gasteiger charge is 2.45. The van der Waals surface area contributed by atoms with Crippen LogP contribution in [-0.4, -0.2) is 137 Å². The maximum atomic E-state index is 13.8. The predicted octanol–water partition coefficient (Wildman–Crippen LogP) is 5.82. The highest BCUT2D eigenvalue weighted by atomic mass is 35.5. The van der Waals surface area contributed by atoms with Gasteiger partial charge in [-0.15, -0.1) is 0 Å². The van der Waals surface area contributed by atoms with Crippen molar-refractivity contribution in [2.45, 2.75) is 63.5 Å². The van der Waals surface area contributed by atoms with Gasteiger partial charge >= 0.3 is 0 Å². The van der Waals surface area contributed by atoms with Crippen molar-refractivity contribution in [1.29, 1.82) is 0 Å². The molecule has 65 heavy (non-hydrogen) atoms. The number of piperidine rings is 2. The lowest BCUT2D eigenvalue weighted by Gasteiger charge is -2.43. The number of piperazine rings is 1. The summed E-state index contributed by atoms with van der Waals surface area (Å²) in [5.74, 6) is -1.97. The second kappa shape index (κ2) is 20.9. The van der Waals surface area contributed by atoms with Crippen LogP contribution in [-0.2, 0) is 14.4 Å². The Morgan fingerprint density at radius 1 is 0.892 bits per heavy atom. The van der Waals surface area contributed by atoms with Gasteiger partial charge in [-0.2, -0.15) is 0 Å². The summed E-state index contributed by atoms with van der Waals surface area (Å²) >= 11 is 5.99. The number of likely N-dealkylation sites (tertiary alicyclic amines) is 1. The van der Waals surface area contributed by atoms with E-state index in [1.807, 2.05) is 0 Å². The number of halogens is 2. The molecule has 3 saturated heterocycles. The third-order valence-corrected chi connectivity index (χ3v) is 12.9. The first-order chi connectivity index (χ1) is 31.6. The summed E-state index contributed by atoms with van der Waals surface area (Å²) in [5, 5.41) is 12.2. The molecule has 5 heterocycles. The number of carbonyl (C=O) groups excluding carboxylic acids is 5. The second-order valence-electron chi connectivity index (χ2n) is 16.9. The van der Waals surface area contributed by atoms with Gasteiger partial charge < -0.3 is 30.5 Å². The highest BCUT2D eigenvalue weighted by Crippen LogP contribution is 2.35. The van der Waals surface area contributed by atoms with Crippen molar-refractivity contribution in [3.8, 4) is 5.75 Å². The van der Waals surface area contributed by atoms with Crippen LogP contribution in [0.2, 0.25) is 5.02 Å². The molecule has 4 aliphatic rings. The van der Waals surface area contributed by atoms with Gasteiger partial charge in [0, 0.05) is 74.6 Å². The summed E-state index contributed by atoms with van der Waals surface area (Å²) in [6, 6.07) is 12.6. The third kappa shape index (κ3) is 10.8. The molecule has 1 unspecified atom stereocenters. The summed E-state index contributed by atoms with van der Waals surface area (Å²) in [6.45, 7) is 13.0. The van der Waals surface area contributed by atoms with Crippen LogP contribution in [0.1, 0.15) is 72.1 Å². The third-order valence-electron chi connectivity index (χ3n) is 12.7. The number of imide groups is 2. The molecule has 3 fully saturated rings. The molecule has 16 nitrogen and oxygen atoms in total. The molecule has 18 heteroatoms. The maximum absolute atomic E-state index is 13.8. The van der Waals surface area contributed by atoms with E-state index < -0.39 is 35.5 Å². The minimum atomic E-state index is -0.983. The summed E-state index contributed by atoms with van der Waals surface area (Å²) in [5.41, 5.74) is 2.77. The minimum Gasteiger partial charge on any atom is -0.491 e. The summed E-state index contributed by atoms with van der Waals surface area (Å²) in [7, 11) is 0. The number of carbonyl (C=O) groups is 5. The summed E-state index contributed by atoms with van der Waals surface area (Å²) < 4.78 is 20.0. The number of nitrogens with one attached hydrogen (secondary N) is 4. The van der Waals surface area contributed by atoms with Crippen molar-refractivity contribution in [1.82, 2.24) is 34.9 Å². The lowest BCUT2D eigenvalue weighted by molar-refractivity contribution is -0.136. The van der Waals surface area contributed by atoms with Gasteiger partial charge in [-0.05, 0) is 101 Å². The molecule has 3 aromatic carbocycles. The number of anilines is 4. The predicted molar refractivity (Wildman–Crippen MR) is 246 cm³/mol. The molecule has 0 spiro atoms. The van der Waals surface area contributed by atoms with Crippen LogP contribution in [0.4, 0.5) is 27.3 Å². The average molecular weight is 909 g/mol. The van der Waals surface area contributed by atoms with E-state index in [1.54, 1.807) is 36.4 Å².